The number of benzene rings is 1. The number of anilines is 1. The molecule has 1 aliphatic heterocycles. The van der Waals surface area contributed by atoms with Gasteiger partial charge in [0.1, 0.15) is 4.90 Å². The van der Waals surface area contributed by atoms with Crippen molar-refractivity contribution in [3.63, 3.8) is 0 Å². The normalized spacial score (nSPS) is 27.3. The summed E-state index contributed by atoms with van der Waals surface area (Å²) in [5.74, 6) is 1.26. The third-order valence-electron chi connectivity index (χ3n) is 5.04. The maximum absolute atomic E-state index is 12.8. The van der Waals surface area contributed by atoms with E-state index in [0.29, 0.717) is 24.7 Å². The molecule has 2 N–H and O–H groups in total. The molecule has 1 aliphatic carbocycles. The van der Waals surface area contributed by atoms with E-state index in [0.717, 1.165) is 17.9 Å². The molecule has 3 rings (SSSR count). The standard InChI is InChI=1S/C16H24N2O2S/c1-12-6-7-16(15(17)10-12)21(19,20)18-9-8-13-4-2-3-5-14(13)11-18/h6-7,10,13-14H,2-5,8-9,11,17H2,1H3. The van der Waals surface area contributed by atoms with Crippen LogP contribution in [0.1, 0.15) is 37.7 Å². The van der Waals surface area contributed by atoms with Gasteiger partial charge in [-0.2, -0.15) is 4.31 Å². The molecule has 0 bridgehead atoms. The van der Waals surface area contributed by atoms with Crippen molar-refractivity contribution in [3.8, 4) is 0 Å². The Morgan fingerprint density at radius 2 is 1.86 bits per heavy atom. The van der Waals surface area contributed by atoms with Gasteiger partial charge in [0.25, 0.3) is 0 Å². The summed E-state index contributed by atoms with van der Waals surface area (Å²) in [5.41, 5.74) is 7.29. The summed E-state index contributed by atoms with van der Waals surface area (Å²) < 4.78 is 27.3. The second-order valence-electron chi connectivity index (χ2n) is 6.50. The fourth-order valence-electron chi connectivity index (χ4n) is 3.83. The predicted molar refractivity (Wildman–Crippen MR) is 84.4 cm³/mol. The maximum atomic E-state index is 12.8. The highest BCUT2D eigenvalue weighted by Crippen LogP contribution is 2.38. The van der Waals surface area contributed by atoms with E-state index in [9.17, 15) is 8.42 Å². The zero-order chi connectivity index (χ0) is 15.0. The molecule has 1 heterocycles. The number of nitrogens with two attached hydrogens (primary N) is 1. The van der Waals surface area contributed by atoms with Crippen LogP contribution < -0.4 is 5.73 Å². The molecule has 0 spiro atoms. The SMILES string of the molecule is Cc1ccc(S(=O)(=O)N2CCC3CCCCC3C2)c(N)c1. The number of piperidine rings is 1. The lowest BCUT2D eigenvalue weighted by Crippen LogP contribution is -2.44. The monoisotopic (exact) mass is 308 g/mol. The van der Waals surface area contributed by atoms with E-state index in [-0.39, 0.29) is 4.90 Å². The molecule has 116 valence electrons. The van der Waals surface area contributed by atoms with Gasteiger partial charge in [0.05, 0.1) is 5.69 Å². The Balaban J connectivity index is 1.85. The first-order valence-corrected chi connectivity index (χ1v) is 9.29. The third kappa shape index (κ3) is 2.81. The van der Waals surface area contributed by atoms with Crippen molar-refractivity contribution in [2.75, 3.05) is 18.8 Å². The number of rotatable bonds is 2. The molecule has 4 nitrogen and oxygen atoms in total. The average molecular weight is 308 g/mol. The van der Waals surface area contributed by atoms with Gasteiger partial charge in [-0.3, -0.25) is 0 Å². The Bertz CT molecular complexity index is 627. The van der Waals surface area contributed by atoms with Gasteiger partial charge in [0.2, 0.25) is 10.0 Å². The molecular formula is C16H24N2O2S. The lowest BCUT2D eigenvalue weighted by molar-refractivity contribution is 0.136. The van der Waals surface area contributed by atoms with Gasteiger partial charge in [0.15, 0.2) is 0 Å². The van der Waals surface area contributed by atoms with Gasteiger partial charge >= 0.3 is 0 Å². The highest BCUT2D eigenvalue weighted by atomic mass is 32.2. The van der Waals surface area contributed by atoms with Crippen LogP contribution in [0.4, 0.5) is 5.69 Å². The number of aryl methyl sites for hydroxylation is 1. The molecule has 0 amide bonds. The number of fused-ring (bicyclic) bond motifs is 1. The van der Waals surface area contributed by atoms with Crippen molar-refractivity contribution in [1.29, 1.82) is 0 Å². The van der Waals surface area contributed by atoms with Crippen LogP contribution in [0.15, 0.2) is 23.1 Å². The summed E-state index contributed by atoms with van der Waals surface area (Å²) in [7, 11) is -3.45. The first kappa shape index (κ1) is 14.9. The fourth-order valence-corrected chi connectivity index (χ4v) is 5.44. The van der Waals surface area contributed by atoms with Gasteiger partial charge in [-0.1, -0.05) is 25.3 Å². The fraction of sp³-hybridized carbons (Fsp3) is 0.625. The molecule has 2 unspecified atom stereocenters. The van der Waals surface area contributed by atoms with Gasteiger partial charge < -0.3 is 5.73 Å². The molecule has 21 heavy (non-hydrogen) atoms. The zero-order valence-electron chi connectivity index (χ0n) is 12.6. The van der Waals surface area contributed by atoms with Crippen LogP contribution in [-0.2, 0) is 10.0 Å². The Kier molecular flexibility index (Phi) is 3.97. The van der Waals surface area contributed by atoms with Crippen molar-refractivity contribution >= 4 is 15.7 Å². The molecule has 1 saturated carbocycles. The largest absolute Gasteiger partial charge is 0.398 e. The van der Waals surface area contributed by atoms with Crippen molar-refractivity contribution in [2.24, 2.45) is 11.8 Å². The number of nitrogens with zero attached hydrogens (tertiary/aromatic N) is 1. The van der Waals surface area contributed by atoms with Crippen molar-refractivity contribution in [3.05, 3.63) is 23.8 Å². The lowest BCUT2D eigenvalue weighted by atomic mass is 9.76. The van der Waals surface area contributed by atoms with Crippen LogP contribution in [-0.4, -0.2) is 25.8 Å². The molecule has 2 atom stereocenters. The smallest absolute Gasteiger partial charge is 0.245 e. The first-order valence-electron chi connectivity index (χ1n) is 7.85. The average Bonchev–Trinajstić information content (AvgIpc) is 2.46. The summed E-state index contributed by atoms with van der Waals surface area (Å²) >= 11 is 0. The molecule has 5 heteroatoms. The minimum absolute atomic E-state index is 0.266. The number of sulfonamides is 1. The first-order chi connectivity index (χ1) is 9.98. The van der Waals surface area contributed by atoms with Crippen LogP contribution in [0.3, 0.4) is 0 Å². The van der Waals surface area contributed by atoms with Crippen LogP contribution in [0.25, 0.3) is 0 Å². The van der Waals surface area contributed by atoms with E-state index in [1.165, 1.54) is 25.7 Å². The summed E-state index contributed by atoms with van der Waals surface area (Å²) in [6.07, 6.45) is 5.97. The molecule has 1 aromatic rings. The molecule has 0 aromatic heterocycles. The Morgan fingerprint density at radius 3 is 2.57 bits per heavy atom. The number of nitrogen functional groups attached to an aromatic ring is 1. The van der Waals surface area contributed by atoms with Crippen LogP contribution in [0.2, 0.25) is 0 Å². The highest BCUT2D eigenvalue weighted by Gasteiger charge is 2.37. The van der Waals surface area contributed by atoms with Crippen LogP contribution in [0, 0.1) is 18.8 Å². The molecule has 2 fully saturated rings. The minimum atomic E-state index is -3.45. The topological polar surface area (TPSA) is 63.4 Å². The maximum Gasteiger partial charge on any atom is 0.245 e. The van der Waals surface area contributed by atoms with Crippen LogP contribution >= 0.6 is 0 Å². The van der Waals surface area contributed by atoms with Crippen molar-refractivity contribution < 1.29 is 8.42 Å². The van der Waals surface area contributed by atoms with E-state index < -0.39 is 10.0 Å². The summed E-state index contributed by atoms with van der Waals surface area (Å²) in [6, 6.07) is 5.20. The molecular weight excluding hydrogens is 284 g/mol. The minimum Gasteiger partial charge on any atom is -0.398 e. The third-order valence-corrected chi connectivity index (χ3v) is 6.98. The summed E-state index contributed by atoms with van der Waals surface area (Å²) in [5, 5.41) is 0. The molecule has 2 aliphatic rings. The Hall–Kier alpha value is -1.07. The van der Waals surface area contributed by atoms with Gasteiger partial charge in [-0.15, -0.1) is 0 Å². The van der Waals surface area contributed by atoms with Crippen LogP contribution in [0.5, 0.6) is 0 Å². The summed E-state index contributed by atoms with van der Waals surface area (Å²) in [6.45, 7) is 3.22. The lowest BCUT2D eigenvalue weighted by Gasteiger charge is -2.40. The summed E-state index contributed by atoms with van der Waals surface area (Å²) in [4.78, 5) is 0.266. The zero-order valence-corrected chi connectivity index (χ0v) is 13.4. The van der Waals surface area contributed by atoms with E-state index >= 15 is 0 Å². The van der Waals surface area contributed by atoms with Gasteiger partial charge in [0, 0.05) is 13.1 Å². The highest BCUT2D eigenvalue weighted by molar-refractivity contribution is 7.89. The quantitative estimate of drug-likeness (QED) is 0.855. The van der Waals surface area contributed by atoms with E-state index in [4.69, 9.17) is 5.73 Å². The molecule has 0 radical (unpaired) electrons. The van der Waals surface area contributed by atoms with Gasteiger partial charge in [-0.05, 0) is 49.3 Å². The second-order valence-corrected chi connectivity index (χ2v) is 8.40. The Labute approximate surface area is 127 Å². The Morgan fingerprint density at radius 1 is 1.14 bits per heavy atom. The van der Waals surface area contributed by atoms with E-state index in [1.807, 2.05) is 13.0 Å². The number of hydrogen-bond donors (Lipinski definition) is 1. The van der Waals surface area contributed by atoms with E-state index in [2.05, 4.69) is 0 Å². The van der Waals surface area contributed by atoms with Gasteiger partial charge in [-0.25, -0.2) is 8.42 Å². The number of hydrogen-bond acceptors (Lipinski definition) is 3. The molecule has 1 saturated heterocycles. The van der Waals surface area contributed by atoms with Crippen molar-refractivity contribution in [2.45, 2.75) is 43.9 Å². The molecule has 1 aromatic carbocycles. The predicted octanol–water partition coefficient (Wildman–Crippen LogP) is 2.78. The van der Waals surface area contributed by atoms with Crippen molar-refractivity contribution in [1.82, 2.24) is 4.31 Å². The second kappa shape index (κ2) is 5.61. The van der Waals surface area contributed by atoms with E-state index in [1.54, 1.807) is 16.4 Å².